The van der Waals surface area contributed by atoms with Gasteiger partial charge in [-0.05, 0) is 57.6 Å². The second-order valence-electron chi connectivity index (χ2n) is 7.44. The molecule has 5 nitrogen and oxygen atoms in total. The van der Waals surface area contributed by atoms with Crippen molar-refractivity contribution < 1.29 is 24.6 Å². The van der Waals surface area contributed by atoms with Crippen LogP contribution < -0.4 is 0 Å². The van der Waals surface area contributed by atoms with Crippen LogP contribution in [0.15, 0.2) is 23.3 Å². The number of carbonyl (C=O) groups is 3. The summed E-state index contributed by atoms with van der Waals surface area (Å²) < 4.78 is 0. The summed E-state index contributed by atoms with van der Waals surface area (Å²) in [7, 11) is 0. The van der Waals surface area contributed by atoms with Crippen LogP contribution >= 0.6 is 0 Å². The van der Waals surface area contributed by atoms with Gasteiger partial charge in [0.2, 0.25) is 0 Å². The molecule has 0 aromatic heterocycles. The van der Waals surface area contributed by atoms with E-state index < -0.39 is 11.6 Å². The first kappa shape index (κ1) is 22.3. The van der Waals surface area contributed by atoms with Gasteiger partial charge in [-0.2, -0.15) is 0 Å². The van der Waals surface area contributed by atoms with Gasteiger partial charge in [0.25, 0.3) is 0 Å². The molecule has 0 saturated carbocycles. The fraction of sp³-hybridized carbons (Fsp3) is 0.667. The van der Waals surface area contributed by atoms with Gasteiger partial charge in [-0.15, -0.1) is 0 Å². The Morgan fingerprint density at radius 1 is 1.12 bits per heavy atom. The molecule has 0 radical (unpaired) electrons. The van der Waals surface area contributed by atoms with Crippen molar-refractivity contribution in [1.82, 2.24) is 0 Å². The predicted octanol–water partition coefficient (Wildman–Crippen LogP) is 4.14. The summed E-state index contributed by atoms with van der Waals surface area (Å²) in [6.45, 7) is 3.74. The first-order chi connectivity index (χ1) is 12.2. The van der Waals surface area contributed by atoms with Crippen LogP contribution in [0.25, 0.3) is 0 Å². The number of aliphatic hydroxyl groups is 1. The van der Waals surface area contributed by atoms with Crippen molar-refractivity contribution in [1.29, 1.82) is 0 Å². The van der Waals surface area contributed by atoms with E-state index in [1.807, 2.05) is 0 Å². The lowest BCUT2D eigenvalue weighted by Gasteiger charge is -2.22. The molecule has 0 spiro atoms. The Labute approximate surface area is 156 Å². The Morgan fingerprint density at radius 3 is 2.50 bits per heavy atom. The number of rotatable bonds is 13. The highest BCUT2D eigenvalue weighted by atomic mass is 16.4. The van der Waals surface area contributed by atoms with Gasteiger partial charge in [0.15, 0.2) is 11.6 Å². The maximum absolute atomic E-state index is 12.1. The molecule has 5 heteroatoms. The molecule has 0 saturated heterocycles. The summed E-state index contributed by atoms with van der Waals surface area (Å²) in [5.41, 5.74) is 0.688. The van der Waals surface area contributed by atoms with Crippen LogP contribution in [0, 0.1) is 0 Å². The Morgan fingerprint density at radius 2 is 1.85 bits per heavy atom. The summed E-state index contributed by atoms with van der Waals surface area (Å²) in [6.07, 6.45) is 9.93. The number of unbranched alkanes of at least 4 members (excludes halogenated alkanes) is 2. The Balaban J connectivity index is 2.55. The van der Waals surface area contributed by atoms with Gasteiger partial charge >= 0.3 is 5.97 Å². The van der Waals surface area contributed by atoms with Gasteiger partial charge in [-0.3, -0.25) is 14.4 Å². The number of Topliss-reactive ketones (excluding diaryl/α,β-unsaturated/α-hetero) is 1. The molecule has 2 N–H and O–H groups in total. The van der Waals surface area contributed by atoms with Crippen LogP contribution in [-0.2, 0) is 14.4 Å². The van der Waals surface area contributed by atoms with Gasteiger partial charge in [-0.1, -0.05) is 25.3 Å². The Kier molecular flexibility index (Phi) is 9.49. The summed E-state index contributed by atoms with van der Waals surface area (Å²) >= 11 is 0. The summed E-state index contributed by atoms with van der Waals surface area (Å²) in [5.74, 6) is -0.776. The second-order valence-corrected chi connectivity index (χ2v) is 7.44. The number of carboxylic acids is 1. The molecule has 0 aliphatic heterocycles. The third-order valence-corrected chi connectivity index (χ3v) is 4.87. The lowest BCUT2D eigenvalue weighted by molar-refractivity contribution is -0.138. The van der Waals surface area contributed by atoms with Gasteiger partial charge in [0, 0.05) is 24.8 Å². The third-order valence-electron chi connectivity index (χ3n) is 4.87. The molecule has 1 rings (SSSR count). The zero-order valence-electron chi connectivity index (χ0n) is 16.1. The molecule has 146 valence electrons. The van der Waals surface area contributed by atoms with E-state index in [1.165, 1.54) is 6.08 Å². The van der Waals surface area contributed by atoms with Crippen LogP contribution in [-0.4, -0.2) is 33.3 Å². The van der Waals surface area contributed by atoms with Crippen molar-refractivity contribution in [3.8, 4) is 0 Å². The molecule has 0 bridgehead atoms. The van der Waals surface area contributed by atoms with Crippen molar-refractivity contribution in [2.45, 2.75) is 90.1 Å². The Hall–Kier alpha value is -1.75. The molecule has 26 heavy (non-hydrogen) atoms. The van der Waals surface area contributed by atoms with Crippen LogP contribution in [0.5, 0.6) is 0 Å². The van der Waals surface area contributed by atoms with Crippen LogP contribution in [0.2, 0.25) is 0 Å². The normalized spacial score (nSPS) is 17.1. The van der Waals surface area contributed by atoms with Gasteiger partial charge in [0.05, 0.1) is 5.60 Å². The monoisotopic (exact) mass is 364 g/mol. The van der Waals surface area contributed by atoms with E-state index in [9.17, 15) is 19.5 Å². The number of carbonyl (C=O) groups excluding carboxylic acids is 2. The molecule has 1 aliphatic carbocycles. The SMILES string of the molecule is CCCCCC(=O)C=CC1=C(CCCC(C)(O)CCC(=O)O)CCC1=O. The molecular weight excluding hydrogens is 332 g/mol. The van der Waals surface area contributed by atoms with Gasteiger partial charge < -0.3 is 10.2 Å². The third kappa shape index (κ3) is 8.56. The minimum atomic E-state index is -1.01. The zero-order valence-corrected chi connectivity index (χ0v) is 16.1. The van der Waals surface area contributed by atoms with Gasteiger partial charge in [-0.25, -0.2) is 0 Å². The first-order valence-electron chi connectivity index (χ1n) is 9.65. The first-order valence-corrected chi connectivity index (χ1v) is 9.65. The van der Waals surface area contributed by atoms with Gasteiger partial charge in [0.1, 0.15) is 0 Å². The van der Waals surface area contributed by atoms with E-state index in [0.29, 0.717) is 44.1 Å². The number of hydrogen-bond donors (Lipinski definition) is 2. The van der Waals surface area contributed by atoms with Crippen LogP contribution in [0.1, 0.15) is 84.5 Å². The average molecular weight is 364 g/mol. The predicted molar refractivity (Wildman–Crippen MR) is 101 cm³/mol. The summed E-state index contributed by atoms with van der Waals surface area (Å²) in [4.78, 5) is 34.5. The maximum atomic E-state index is 12.1. The number of hydrogen-bond acceptors (Lipinski definition) is 4. The molecule has 1 unspecified atom stereocenters. The fourth-order valence-electron chi connectivity index (χ4n) is 3.19. The lowest BCUT2D eigenvalue weighted by Crippen LogP contribution is -2.25. The minimum absolute atomic E-state index is 0.0533. The van der Waals surface area contributed by atoms with Crippen molar-refractivity contribution in [3.63, 3.8) is 0 Å². The lowest BCUT2D eigenvalue weighted by atomic mass is 9.92. The Bertz CT molecular complexity index is 569. The van der Waals surface area contributed by atoms with E-state index in [-0.39, 0.29) is 24.4 Å². The molecule has 0 fully saturated rings. The van der Waals surface area contributed by atoms with Crippen molar-refractivity contribution >= 4 is 17.5 Å². The van der Waals surface area contributed by atoms with E-state index in [1.54, 1.807) is 13.0 Å². The highest BCUT2D eigenvalue weighted by Crippen LogP contribution is 2.30. The second kappa shape index (κ2) is 11.1. The van der Waals surface area contributed by atoms with E-state index in [2.05, 4.69) is 6.92 Å². The highest BCUT2D eigenvalue weighted by molar-refractivity contribution is 6.03. The molecule has 0 aromatic carbocycles. The van der Waals surface area contributed by atoms with Crippen molar-refractivity contribution in [2.75, 3.05) is 0 Å². The molecule has 0 aromatic rings. The van der Waals surface area contributed by atoms with Crippen LogP contribution in [0.4, 0.5) is 0 Å². The maximum Gasteiger partial charge on any atom is 0.303 e. The topological polar surface area (TPSA) is 91.7 Å². The fourth-order valence-corrected chi connectivity index (χ4v) is 3.19. The molecule has 0 amide bonds. The number of allylic oxidation sites excluding steroid dienone is 4. The number of carboxylic acid groups (broad SMARTS) is 1. The molecule has 1 atom stereocenters. The smallest absolute Gasteiger partial charge is 0.303 e. The largest absolute Gasteiger partial charge is 0.481 e. The van der Waals surface area contributed by atoms with Crippen LogP contribution in [0.3, 0.4) is 0 Å². The molecule has 1 aliphatic rings. The minimum Gasteiger partial charge on any atom is -0.481 e. The summed E-state index contributed by atoms with van der Waals surface area (Å²) in [5, 5.41) is 18.9. The highest BCUT2D eigenvalue weighted by Gasteiger charge is 2.24. The van der Waals surface area contributed by atoms with Crippen molar-refractivity contribution in [2.24, 2.45) is 0 Å². The van der Waals surface area contributed by atoms with E-state index >= 15 is 0 Å². The summed E-state index contributed by atoms with van der Waals surface area (Å²) in [6, 6.07) is 0. The molecular formula is C21H32O5. The van der Waals surface area contributed by atoms with Crippen molar-refractivity contribution in [3.05, 3.63) is 23.3 Å². The number of aliphatic carboxylic acids is 1. The average Bonchev–Trinajstić information content (AvgIpc) is 2.91. The molecule has 0 heterocycles. The van der Waals surface area contributed by atoms with E-state index in [0.717, 1.165) is 24.8 Å². The standard InChI is InChI=1S/C21H32O5/c1-3-4-5-8-17(22)10-11-18-16(9-12-19(18)23)7-6-14-21(2,26)15-13-20(24)25/h10-11,26H,3-9,12-15H2,1-2H3,(H,24,25). The van der Waals surface area contributed by atoms with E-state index in [4.69, 9.17) is 5.11 Å². The zero-order chi connectivity index (χ0) is 19.6. The quantitative estimate of drug-likeness (QED) is 0.378. The number of ketones is 2.